The van der Waals surface area contributed by atoms with Crippen LogP contribution in [0.5, 0.6) is 5.75 Å². The first-order valence-corrected chi connectivity index (χ1v) is 6.62. The van der Waals surface area contributed by atoms with Crippen molar-refractivity contribution in [2.24, 2.45) is 0 Å². The second kappa shape index (κ2) is 5.36. The molecule has 1 aliphatic heterocycles. The minimum Gasteiger partial charge on any atom is -0.473 e. The average Bonchev–Trinajstić information content (AvgIpc) is 2.53. The number of nitrogens with zero attached hydrogens (tertiary/aromatic N) is 1. The quantitative estimate of drug-likeness (QED) is 0.804. The van der Waals surface area contributed by atoms with Crippen LogP contribution in [0.2, 0.25) is 0 Å². The lowest BCUT2D eigenvalue weighted by atomic mass is 10.1. The molecule has 6 heteroatoms. The van der Waals surface area contributed by atoms with E-state index in [0.717, 1.165) is 23.4 Å². The van der Waals surface area contributed by atoms with Gasteiger partial charge in [0.2, 0.25) is 0 Å². The Kier molecular flexibility index (Phi) is 3.52. The van der Waals surface area contributed by atoms with Gasteiger partial charge < -0.3 is 9.64 Å². The van der Waals surface area contributed by atoms with Crippen LogP contribution in [0.15, 0.2) is 48.5 Å². The molecular weight excluding hydrogens is 295 g/mol. The number of carbonyl (C=O) groups is 1. The van der Waals surface area contributed by atoms with E-state index in [1.165, 1.54) is 17.0 Å². The van der Waals surface area contributed by atoms with E-state index in [-0.39, 0.29) is 18.2 Å². The molecule has 0 radical (unpaired) electrons. The predicted molar refractivity (Wildman–Crippen MR) is 73.3 cm³/mol. The van der Waals surface area contributed by atoms with Crippen molar-refractivity contribution in [2.45, 2.75) is 12.7 Å². The van der Waals surface area contributed by atoms with Crippen molar-refractivity contribution in [3.05, 3.63) is 65.2 Å². The molecule has 1 amide bonds. The molecule has 2 aromatic carbocycles. The number of hydrogen-bond acceptors (Lipinski definition) is 2. The largest absolute Gasteiger partial charge is 0.473 e. The molecule has 0 unspecified atom stereocenters. The second-order valence-corrected chi connectivity index (χ2v) is 4.96. The molecule has 1 aliphatic rings. The summed E-state index contributed by atoms with van der Waals surface area (Å²) in [6.45, 7) is 0.451. The average molecular weight is 307 g/mol. The van der Waals surface area contributed by atoms with Gasteiger partial charge in [0.15, 0.2) is 6.73 Å². The highest BCUT2D eigenvalue weighted by Crippen LogP contribution is 2.30. The predicted octanol–water partition coefficient (Wildman–Crippen LogP) is 3.70. The molecule has 2 aromatic rings. The van der Waals surface area contributed by atoms with Crippen molar-refractivity contribution >= 4 is 5.91 Å². The molecule has 0 N–H and O–H groups in total. The molecule has 0 bridgehead atoms. The minimum atomic E-state index is -4.41. The summed E-state index contributed by atoms with van der Waals surface area (Å²) in [6, 6.07) is 11.5. The van der Waals surface area contributed by atoms with Gasteiger partial charge in [0.25, 0.3) is 5.91 Å². The Morgan fingerprint density at radius 1 is 1.05 bits per heavy atom. The van der Waals surface area contributed by atoms with E-state index >= 15 is 0 Å². The number of fused-ring (bicyclic) bond motifs is 1. The van der Waals surface area contributed by atoms with Crippen molar-refractivity contribution in [1.82, 2.24) is 4.90 Å². The zero-order valence-electron chi connectivity index (χ0n) is 11.4. The Bertz CT molecular complexity index is 695. The maximum absolute atomic E-state index is 12.5. The van der Waals surface area contributed by atoms with E-state index in [1.807, 2.05) is 24.3 Å². The highest BCUT2D eigenvalue weighted by Gasteiger charge is 2.30. The highest BCUT2D eigenvalue weighted by molar-refractivity contribution is 5.94. The SMILES string of the molecule is O=C(c1ccc(C(F)(F)F)cc1)N1COc2ccccc2C1. The Hall–Kier alpha value is -2.50. The van der Waals surface area contributed by atoms with E-state index in [4.69, 9.17) is 4.74 Å². The first-order chi connectivity index (χ1) is 10.4. The summed E-state index contributed by atoms with van der Waals surface area (Å²) >= 11 is 0. The van der Waals surface area contributed by atoms with Crippen molar-refractivity contribution in [2.75, 3.05) is 6.73 Å². The fourth-order valence-electron chi connectivity index (χ4n) is 2.29. The number of hydrogen-bond donors (Lipinski definition) is 0. The summed E-state index contributed by atoms with van der Waals surface area (Å²) < 4.78 is 43.1. The van der Waals surface area contributed by atoms with Crippen LogP contribution in [0.3, 0.4) is 0 Å². The third kappa shape index (κ3) is 2.77. The Labute approximate surface area is 124 Å². The molecule has 0 fully saturated rings. The molecule has 0 saturated carbocycles. The number of para-hydroxylation sites is 1. The number of amides is 1. The zero-order valence-corrected chi connectivity index (χ0v) is 11.4. The van der Waals surface area contributed by atoms with Crippen LogP contribution < -0.4 is 4.74 Å². The fourth-order valence-corrected chi connectivity index (χ4v) is 2.29. The molecule has 0 aromatic heterocycles. The molecular formula is C16H12F3NO2. The minimum absolute atomic E-state index is 0.0802. The fraction of sp³-hybridized carbons (Fsp3) is 0.188. The summed E-state index contributed by atoms with van der Waals surface area (Å²) in [5, 5.41) is 0. The van der Waals surface area contributed by atoms with E-state index in [9.17, 15) is 18.0 Å². The van der Waals surface area contributed by atoms with Crippen molar-refractivity contribution in [3.63, 3.8) is 0 Å². The normalized spacial score (nSPS) is 14.2. The van der Waals surface area contributed by atoms with Crippen molar-refractivity contribution in [3.8, 4) is 5.75 Å². The Morgan fingerprint density at radius 3 is 2.41 bits per heavy atom. The van der Waals surface area contributed by atoms with Gasteiger partial charge in [-0.1, -0.05) is 18.2 Å². The molecule has 0 saturated heterocycles. The van der Waals surface area contributed by atoms with Gasteiger partial charge in [-0.3, -0.25) is 4.79 Å². The number of carbonyl (C=O) groups excluding carboxylic acids is 1. The maximum Gasteiger partial charge on any atom is 0.416 e. The molecule has 3 nitrogen and oxygen atoms in total. The lowest BCUT2D eigenvalue weighted by molar-refractivity contribution is -0.137. The zero-order chi connectivity index (χ0) is 15.7. The molecule has 0 aliphatic carbocycles. The topological polar surface area (TPSA) is 29.5 Å². The molecule has 22 heavy (non-hydrogen) atoms. The number of benzene rings is 2. The van der Waals surface area contributed by atoms with Gasteiger partial charge in [-0.15, -0.1) is 0 Å². The number of ether oxygens (including phenoxy) is 1. The molecule has 0 spiro atoms. The van der Waals surface area contributed by atoms with Gasteiger partial charge in [0, 0.05) is 11.1 Å². The lowest BCUT2D eigenvalue weighted by Gasteiger charge is -2.29. The smallest absolute Gasteiger partial charge is 0.416 e. The van der Waals surface area contributed by atoms with Crippen LogP contribution in [-0.2, 0) is 12.7 Å². The van der Waals surface area contributed by atoms with Gasteiger partial charge in [-0.2, -0.15) is 13.2 Å². The van der Waals surface area contributed by atoms with Crippen LogP contribution in [0.25, 0.3) is 0 Å². The Balaban J connectivity index is 1.78. The van der Waals surface area contributed by atoms with E-state index in [2.05, 4.69) is 0 Å². The van der Waals surface area contributed by atoms with Gasteiger partial charge in [0.1, 0.15) is 5.75 Å². The van der Waals surface area contributed by atoms with Gasteiger partial charge in [-0.25, -0.2) is 0 Å². The van der Waals surface area contributed by atoms with E-state index < -0.39 is 11.7 Å². The van der Waals surface area contributed by atoms with Crippen LogP contribution in [0.1, 0.15) is 21.5 Å². The van der Waals surface area contributed by atoms with Crippen molar-refractivity contribution in [1.29, 1.82) is 0 Å². The van der Waals surface area contributed by atoms with E-state index in [1.54, 1.807) is 0 Å². The number of alkyl halides is 3. The molecule has 3 rings (SSSR count). The van der Waals surface area contributed by atoms with Crippen LogP contribution in [0, 0.1) is 0 Å². The second-order valence-electron chi connectivity index (χ2n) is 4.96. The summed E-state index contributed by atoms with van der Waals surface area (Å²) in [6.07, 6.45) is -4.41. The molecule has 0 atom stereocenters. The van der Waals surface area contributed by atoms with Gasteiger partial charge in [0.05, 0.1) is 12.1 Å². The van der Waals surface area contributed by atoms with Crippen molar-refractivity contribution < 1.29 is 22.7 Å². The van der Waals surface area contributed by atoms with Gasteiger partial charge >= 0.3 is 6.18 Å². The maximum atomic E-state index is 12.5. The van der Waals surface area contributed by atoms with E-state index in [0.29, 0.717) is 6.54 Å². The monoisotopic (exact) mass is 307 g/mol. The van der Waals surface area contributed by atoms with Crippen LogP contribution in [-0.4, -0.2) is 17.5 Å². The van der Waals surface area contributed by atoms with Crippen LogP contribution >= 0.6 is 0 Å². The van der Waals surface area contributed by atoms with Crippen LogP contribution in [0.4, 0.5) is 13.2 Å². The van der Waals surface area contributed by atoms with Gasteiger partial charge in [-0.05, 0) is 30.3 Å². The number of halogens is 3. The third-order valence-electron chi connectivity index (χ3n) is 3.46. The summed E-state index contributed by atoms with van der Waals surface area (Å²) in [7, 11) is 0. The molecule has 1 heterocycles. The lowest BCUT2D eigenvalue weighted by Crippen LogP contribution is -2.37. The first kappa shape index (κ1) is 14.4. The Morgan fingerprint density at radius 2 is 1.73 bits per heavy atom. The highest BCUT2D eigenvalue weighted by atomic mass is 19.4. The summed E-state index contributed by atoms with van der Waals surface area (Å²) in [5.74, 6) is 0.363. The summed E-state index contributed by atoms with van der Waals surface area (Å²) in [5.41, 5.74) is 0.300. The molecule has 114 valence electrons. The standard InChI is InChI=1S/C16H12F3NO2/c17-16(18,19)13-7-5-11(6-8-13)15(21)20-9-12-3-1-2-4-14(12)22-10-20/h1-8H,9-10H2. The summed E-state index contributed by atoms with van der Waals surface area (Å²) in [4.78, 5) is 13.8. The number of rotatable bonds is 1. The first-order valence-electron chi connectivity index (χ1n) is 6.62. The third-order valence-corrected chi connectivity index (χ3v) is 3.46.